The fraction of sp³-hybridized carbons (Fsp3) is 0.154. The van der Waals surface area contributed by atoms with Crippen molar-refractivity contribution in [2.24, 2.45) is 17.9 Å². The van der Waals surface area contributed by atoms with Gasteiger partial charge in [-0.05, 0) is 19.1 Å². The molecule has 0 bridgehead atoms. The quantitative estimate of drug-likeness (QED) is 0.629. The maximum absolute atomic E-state index is 12.3. The number of primary amides is 1. The van der Waals surface area contributed by atoms with Crippen LogP contribution in [-0.2, 0) is 7.05 Å². The second-order valence-corrected chi connectivity index (χ2v) is 4.22. The topological polar surface area (TPSA) is 94.4 Å². The molecule has 0 saturated carbocycles. The highest BCUT2D eigenvalue weighted by Gasteiger charge is 2.13. The molecule has 0 aliphatic carbocycles. The van der Waals surface area contributed by atoms with Gasteiger partial charge in [0.15, 0.2) is 0 Å². The minimum Gasteiger partial charge on any atom is -0.350 e. The van der Waals surface area contributed by atoms with E-state index in [9.17, 15) is 9.59 Å². The van der Waals surface area contributed by atoms with Crippen LogP contribution in [0.1, 0.15) is 11.3 Å². The van der Waals surface area contributed by atoms with Gasteiger partial charge in [0.25, 0.3) is 5.56 Å². The van der Waals surface area contributed by atoms with Crippen LogP contribution in [0, 0.1) is 6.92 Å². The summed E-state index contributed by atoms with van der Waals surface area (Å²) in [6.45, 7) is 1.70. The second kappa shape index (κ2) is 5.43. The van der Waals surface area contributed by atoms with Crippen LogP contribution in [0.25, 0.3) is 5.69 Å². The fourth-order valence-electron chi connectivity index (χ4n) is 1.95. The maximum atomic E-state index is 12.3. The Morgan fingerprint density at radius 2 is 2.00 bits per heavy atom. The number of hydrazone groups is 1. The number of carbonyl (C=O) groups is 1. The van der Waals surface area contributed by atoms with Crippen molar-refractivity contribution in [3.63, 3.8) is 0 Å². The SMILES string of the molecule is Cc1c(/C=N\NC(N)=O)n(C)n(-c2ccccc2)c1=O. The Morgan fingerprint density at radius 3 is 2.60 bits per heavy atom. The van der Waals surface area contributed by atoms with Crippen LogP contribution in [-0.4, -0.2) is 21.6 Å². The van der Waals surface area contributed by atoms with Crippen LogP contribution in [0.15, 0.2) is 40.2 Å². The Kier molecular flexibility index (Phi) is 3.69. The molecule has 0 fully saturated rings. The van der Waals surface area contributed by atoms with Crippen LogP contribution < -0.4 is 16.7 Å². The van der Waals surface area contributed by atoms with Gasteiger partial charge >= 0.3 is 6.03 Å². The van der Waals surface area contributed by atoms with E-state index in [-0.39, 0.29) is 5.56 Å². The van der Waals surface area contributed by atoms with Gasteiger partial charge in [-0.2, -0.15) is 5.10 Å². The number of para-hydroxylation sites is 1. The highest BCUT2D eigenvalue weighted by Crippen LogP contribution is 2.08. The third-order valence-electron chi connectivity index (χ3n) is 2.91. The first-order valence-electron chi connectivity index (χ1n) is 5.95. The van der Waals surface area contributed by atoms with Crippen LogP contribution in [0.5, 0.6) is 0 Å². The number of nitrogens with zero attached hydrogens (tertiary/aromatic N) is 3. The molecule has 1 aromatic heterocycles. The van der Waals surface area contributed by atoms with Gasteiger partial charge in [0, 0.05) is 12.6 Å². The number of carbonyl (C=O) groups excluding carboxylic acids is 1. The lowest BCUT2D eigenvalue weighted by Crippen LogP contribution is -2.24. The van der Waals surface area contributed by atoms with Crippen molar-refractivity contribution >= 4 is 12.2 Å². The molecule has 20 heavy (non-hydrogen) atoms. The zero-order valence-corrected chi connectivity index (χ0v) is 11.2. The zero-order valence-electron chi connectivity index (χ0n) is 11.2. The summed E-state index contributed by atoms with van der Waals surface area (Å²) in [6, 6.07) is 8.50. The predicted octanol–water partition coefficient (Wildman–Crippen LogP) is 0.487. The summed E-state index contributed by atoms with van der Waals surface area (Å²) in [7, 11) is 1.74. The average Bonchev–Trinajstić information content (AvgIpc) is 2.63. The summed E-state index contributed by atoms with van der Waals surface area (Å²) in [5.41, 5.74) is 8.76. The highest BCUT2D eigenvalue weighted by atomic mass is 16.2. The lowest BCUT2D eigenvalue weighted by Gasteiger charge is -2.07. The van der Waals surface area contributed by atoms with E-state index in [0.717, 1.165) is 5.69 Å². The number of urea groups is 1. The van der Waals surface area contributed by atoms with Gasteiger partial charge in [-0.15, -0.1) is 0 Å². The molecule has 0 aliphatic rings. The lowest BCUT2D eigenvalue weighted by atomic mass is 10.3. The molecule has 0 spiro atoms. The summed E-state index contributed by atoms with van der Waals surface area (Å²) < 4.78 is 3.19. The molecular formula is C13H15N5O2. The fourth-order valence-corrected chi connectivity index (χ4v) is 1.95. The first-order chi connectivity index (χ1) is 9.52. The van der Waals surface area contributed by atoms with Crippen LogP contribution >= 0.6 is 0 Å². The number of rotatable bonds is 3. The van der Waals surface area contributed by atoms with E-state index in [1.54, 1.807) is 18.7 Å². The number of amides is 2. The highest BCUT2D eigenvalue weighted by molar-refractivity contribution is 5.81. The van der Waals surface area contributed by atoms with E-state index < -0.39 is 6.03 Å². The molecule has 0 radical (unpaired) electrons. The second-order valence-electron chi connectivity index (χ2n) is 4.22. The van der Waals surface area contributed by atoms with E-state index in [1.807, 2.05) is 30.3 Å². The Morgan fingerprint density at radius 1 is 1.35 bits per heavy atom. The van der Waals surface area contributed by atoms with Gasteiger partial charge < -0.3 is 5.73 Å². The molecule has 2 aromatic rings. The first-order valence-corrected chi connectivity index (χ1v) is 5.95. The molecule has 1 aromatic carbocycles. The van der Waals surface area contributed by atoms with Crippen molar-refractivity contribution in [2.45, 2.75) is 6.92 Å². The minimum atomic E-state index is -0.758. The van der Waals surface area contributed by atoms with Gasteiger partial charge in [0.2, 0.25) is 0 Å². The molecule has 7 heteroatoms. The van der Waals surface area contributed by atoms with E-state index in [4.69, 9.17) is 5.73 Å². The molecule has 3 N–H and O–H groups in total. The van der Waals surface area contributed by atoms with E-state index in [2.05, 4.69) is 10.5 Å². The number of aromatic nitrogens is 2. The molecule has 0 aliphatic heterocycles. The summed E-state index contributed by atoms with van der Waals surface area (Å²) in [5, 5.41) is 3.69. The van der Waals surface area contributed by atoms with Crippen molar-refractivity contribution in [1.82, 2.24) is 14.8 Å². The standard InChI is InChI=1S/C13H15N5O2/c1-9-11(8-15-16-13(14)20)17(2)18(12(9)19)10-6-4-3-5-7-10/h3-8H,1-2H3,(H3,14,16,20)/b15-8-. The zero-order chi connectivity index (χ0) is 14.7. The van der Waals surface area contributed by atoms with Crippen molar-refractivity contribution in [3.05, 3.63) is 51.9 Å². The molecular weight excluding hydrogens is 258 g/mol. The summed E-state index contributed by atoms with van der Waals surface area (Å²) in [4.78, 5) is 22.9. The molecule has 1 heterocycles. The Balaban J connectivity index is 2.50. The van der Waals surface area contributed by atoms with Crippen molar-refractivity contribution < 1.29 is 4.79 Å². The molecule has 2 amide bonds. The van der Waals surface area contributed by atoms with E-state index in [0.29, 0.717) is 11.3 Å². The summed E-state index contributed by atoms with van der Waals surface area (Å²) in [6.07, 6.45) is 1.39. The maximum Gasteiger partial charge on any atom is 0.332 e. The third kappa shape index (κ3) is 2.46. The van der Waals surface area contributed by atoms with Crippen molar-refractivity contribution in [3.8, 4) is 5.69 Å². The van der Waals surface area contributed by atoms with Crippen LogP contribution in [0.2, 0.25) is 0 Å². The van der Waals surface area contributed by atoms with Gasteiger partial charge in [0.05, 0.1) is 17.6 Å². The summed E-state index contributed by atoms with van der Waals surface area (Å²) in [5.74, 6) is 0. The van der Waals surface area contributed by atoms with Gasteiger partial charge in [-0.25, -0.2) is 14.9 Å². The Hall–Kier alpha value is -2.83. The van der Waals surface area contributed by atoms with E-state index in [1.165, 1.54) is 10.9 Å². The molecule has 104 valence electrons. The lowest BCUT2D eigenvalue weighted by molar-refractivity contribution is 0.249. The monoisotopic (exact) mass is 273 g/mol. The smallest absolute Gasteiger partial charge is 0.332 e. The number of hydrogen-bond donors (Lipinski definition) is 2. The van der Waals surface area contributed by atoms with Gasteiger partial charge in [0.1, 0.15) is 0 Å². The summed E-state index contributed by atoms with van der Waals surface area (Å²) >= 11 is 0. The van der Waals surface area contributed by atoms with Gasteiger partial charge in [-0.1, -0.05) is 18.2 Å². The minimum absolute atomic E-state index is 0.140. The molecule has 0 saturated heterocycles. The van der Waals surface area contributed by atoms with E-state index >= 15 is 0 Å². The van der Waals surface area contributed by atoms with Gasteiger partial charge in [-0.3, -0.25) is 9.48 Å². The largest absolute Gasteiger partial charge is 0.350 e. The van der Waals surface area contributed by atoms with Crippen LogP contribution in [0.4, 0.5) is 4.79 Å². The average molecular weight is 273 g/mol. The molecule has 2 rings (SSSR count). The van der Waals surface area contributed by atoms with Crippen molar-refractivity contribution in [1.29, 1.82) is 0 Å². The number of benzene rings is 1. The Bertz CT molecular complexity index is 712. The number of nitrogens with one attached hydrogen (secondary N) is 1. The molecule has 0 unspecified atom stereocenters. The Labute approximate surface area is 115 Å². The van der Waals surface area contributed by atoms with Crippen molar-refractivity contribution in [2.75, 3.05) is 0 Å². The third-order valence-corrected chi connectivity index (χ3v) is 2.91. The molecule has 0 atom stereocenters. The molecule has 7 nitrogen and oxygen atoms in total. The first kappa shape index (κ1) is 13.6. The van der Waals surface area contributed by atoms with Crippen LogP contribution in [0.3, 0.4) is 0 Å². The number of hydrogen-bond acceptors (Lipinski definition) is 3. The predicted molar refractivity (Wildman–Crippen MR) is 76.1 cm³/mol. The number of nitrogens with two attached hydrogens (primary N) is 1. The normalized spacial score (nSPS) is 10.9.